The Morgan fingerprint density at radius 3 is 1.04 bits per heavy atom. The van der Waals surface area contributed by atoms with Crippen LogP contribution in [0.15, 0.2) is 288 Å². The van der Waals surface area contributed by atoms with Gasteiger partial charge < -0.3 is 27.8 Å². The van der Waals surface area contributed by atoms with Crippen LogP contribution in [-0.4, -0.2) is 9.13 Å². The fourth-order valence-corrected chi connectivity index (χ4v) is 14.6. The molecule has 0 unspecified atom stereocenters. The lowest BCUT2D eigenvalue weighted by Crippen LogP contribution is -2.11. The number of hydrogen-bond donors (Lipinski definition) is 0. The summed E-state index contributed by atoms with van der Waals surface area (Å²) in [6.45, 7) is 13.7. The van der Waals surface area contributed by atoms with E-state index in [0.717, 1.165) is 111 Å². The predicted octanol–water partition coefficient (Wildman–Crippen LogP) is 24.7. The highest BCUT2D eigenvalue weighted by Gasteiger charge is 2.24. The van der Waals surface area contributed by atoms with Crippen molar-refractivity contribution in [2.45, 2.75) is 52.4 Å². The molecule has 0 radical (unpaired) electrons. The largest absolute Gasteiger partial charge is 0.456 e. The first kappa shape index (κ1) is 53.7. The van der Waals surface area contributed by atoms with Crippen LogP contribution >= 0.6 is 0 Å². The van der Waals surface area contributed by atoms with E-state index in [1.807, 2.05) is 0 Å². The van der Waals surface area contributed by atoms with Crippen LogP contribution in [0.4, 0.5) is 34.1 Å². The topological polar surface area (TPSA) is 42.6 Å². The van der Waals surface area contributed by atoms with Gasteiger partial charge in [0.25, 0.3) is 0 Å². The number of para-hydroxylation sites is 2. The smallest absolute Gasteiger partial charge is 0.137 e. The van der Waals surface area contributed by atoms with Crippen molar-refractivity contribution in [3.63, 3.8) is 0 Å². The Labute approximate surface area is 532 Å². The fraction of sp³-hybridized carbons (Fsp3) is 0.0930. The zero-order chi connectivity index (χ0) is 61.7. The third kappa shape index (κ3) is 8.62. The molecule has 0 saturated heterocycles. The number of furan rings is 2. The molecule has 18 aromatic rings. The van der Waals surface area contributed by atoms with E-state index in [9.17, 15) is 0 Å². The highest BCUT2D eigenvalue weighted by Crippen LogP contribution is 2.47. The highest BCUT2D eigenvalue weighted by molar-refractivity contribution is 6.17. The standard InChI is InChI=1S/C86H64N4O2/c1-85(2,3)59-21-15-23-61(47-59)89-77-27-13-11-25-69(77)73-49-65(35-39-79(73)89)87(63-31-29-53-17-7-9-19-55(53)41-63)67-33-37-71-75-43-57-46-82-76(44-58(57)45-81(75)91-83(71)51-67)72-38-34-68(52-84(72)92-82)88(64-32-30-54-18-8-10-20-56(54)42-64)66-36-40-80-74(50-66)70-26-12-14-28-78(70)90(80)62-24-16-22-60(48-62)86(4,5)6/h7-52H,1-6H3. The molecular weight excluding hydrogens is 1120 g/mol. The van der Waals surface area contributed by atoms with Gasteiger partial charge in [-0.15, -0.1) is 0 Å². The number of nitrogens with zero attached hydrogens (tertiary/aromatic N) is 4. The Morgan fingerprint density at radius 2 is 0.598 bits per heavy atom. The van der Waals surface area contributed by atoms with Gasteiger partial charge in [-0.1, -0.05) is 163 Å². The summed E-state index contributed by atoms with van der Waals surface area (Å²) in [6.07, 6.45) is 0. The summed E-state index contributed by atoms with van der Waals surface area (Å²) >= 11 is 0. The molecule has 4 aromatic heterocycles. The van der Waals surface area contributed by atoms with Crippen LogP contribution in [0, 0.1) is 0 Å². The second-order valence-corrected chi connectivity index (χ2v) is 27.1. The van der Waals surface area contributed by atoms with Gasteiger partial charge in [-0.3, -0.25) is 0 Å². The minimum atomic E-state index is 0.0150. The Kier molecular flexibility index (Phi) is 11.7. The van der Waals surface area contributed by atoms with Crippen molar-refractivity contribution in [1.29, 1.82) is 0 Å². The minimum Gasteiger partial charge on any atom is -0.456 e. The van der Waals surface area contributed by atoms with E-state index in [-0.39, 0.29) is 10.8 Å². The first-order valence-electron chi connectivity index (χ1n) is 31.9. The average molecular weight is 1190 g/mol. The Bertz CT molecular complexity index is 5700. The molecule has 0 atom stereocenters. The van der Waals surface area contributed by atoms with Crippen molar-refractivity contribution in [3.05, 3.63) is 290 Å². The Hall–Kier alpha value is -11.3. The van der Waals surface area contributed by atoms with Gasteiger partial charge in [-0.25, -0.2) is 0 Å². The monoisotopic (exact) mass is 1180 g/mol. The van der Waals surface area contributed by atoms with Gasteiger partial charge in [-0.2, -0.15) is 0 Å². The van der Waals surface area contributed by atoms with E-state index in [0.29, 0.717) is 0 Å². The van der Waals surface area contributed by atoms with Crippen LogP contribution in [0.1, 0.15) is 52.7 Å². The second-order valence-electron chi connectivity index (χ2n) is 27.1. The maximum absolute atomic E-state index is 6.97. The molecule has 0 saturated carbocycles. The molecule has 92 heavy (non-hydrogen) atoms. The molecular formula is C86H64N4O2. The molecule has 0 amide bonds. The van der Waals surface area contributed by atoms with Crippen LogP contribution in [0.3, 0.4) is 0 Å². The van der Waals surface area contributed by atoms with Crippen LogP contribution in [-0.2, 0) is 10.8 Å². The normalized spacial score (nSPS) is 12.5. The van der Waals surface area contributed by atoms with Crippen LogP contribution in [0.2, 0.25) is 0 Å². The fourth-order valence-electron chi connectivity index (χ4n) is 14.6. The number of hydrogen-bond acceptors (Lipinski definition) is 4. The van der Waals surface area contributed by atoms with Crippen molar-refractivity contribution in [2.24, 2.45) is 0 Å². The van der Waals surface area contributed by atoms with Crippen molar-refractivity contribution < 1.29 is 8.83 Å². The third-order valence-corrected chi connectivity index (χ3v) is 19.3. The van der Waals surface area contributed by atoms with Gasteiger partial charge >= 0.3 is 0 Å². The lowest BCUT2D eigenvalue weighted by atomic mass is 9.87. The summed E-state index contributed by atoms with van der Waals surface area (Å²) in [4.78, 5) is 4.75. The number of fused-ring (bicyclic) bond motifs is 15. The number of rotatable bonds is 8. The van der Waals surface area contributed by atoms with Crippen LogP contribution in [0.25, 0.3) is 131 Å². The predicted molar refractivity (Wildman–Crippen MR) is 389 cm³/mol. The van der Waals surface area contributed by atoms with Gasteiger partial charge in [0.1, 0.15) is 22.3 Å². The van der Waals surface area contributed by atoms with Crippen molar-refractivity contribution in [1.82, 2.24) is 9.13 Å². The average Bonchev–Trinajstić information content (AvgIpc) is 1.58. The van der Waals surface area contributed by atoms with Gasteiger partial charge in [0.15, 0.2) is 0 Å². The summed E-state index contributed by atoms with van der Waals surface area (Å²) in [7, 11) is 0. The summed E-state index contributed by atoms with van der Waals surface area (Å²) in [5.41, 5.74) is 19.2. The molecule has 0 fully saturated rings. The minimum absolute atomic E-state index is 0.0150. The van der Waals surface area contributed by atoms with Gasteiger partial charge in [0.2, 0.25) is 0 Å². The summed E-state index contributed by atoms with van der Waals surface area (Å²) in [6, 6.07) is 102. The quantitative estimate of drug-likeness (QED) is 0.152. The van der Waals surface area contributed by atoms with Crippen molar-refractivity contribution in [3.8, 4) is 11.4 Å². The lowest BCUT2D eigenvalue weighted by molar-refractivity contribution is 0.589. The van der Waals surface area contributed by atoms with Gasteiger partial charge in [0, 0.05) is 101 Å². The molecule has 0 aliphatic carbocycles. The van der Waals surface area contributed by atoms with E-state index in [2.05, 4.69) is 340 Å². The van der Waals surface area contributed by atoms with E-state index >= 15 is 0 Å². The molecule has 6 nitrogen and oxygen atoms in total. The zero-order valence-corrected chi connectivity index (χ0v) is 52.2. The Morgan fingerprint density at radius 1 is 0.239 bits per heavy atom. The van der Waals surface area contributed by atoms with E-state index < -0.39 is 0 Å². The maximum Gasteiger partial charge on any atom is 0.137 e. The molecule has 6 heteroatoms. The lowest BCUT2D eigenvalue weighted by Gasteiger charge is -2.26. The van der Waals surface area contributed by atoms with Crippen molar-refractivity contribution >= 4 is 154 Å². The number of benzene rings is 14. The van der Waals surface area contributed by atoms with Gasteiger partial charge in [-0.05, 0) is 200 Å². The van der Waals surface area contributed by atoms with Crippen molar-refractivity contribution in [2.75, 3.05) is 9.80 Å². The van der Waals surface area contributed by atoms with Gasteiger partial charge in [0.05, 0.1) is 22.1 Å². The van der Waals surface area contributed by atoms with Crippen LogP contribution in [0.5, 0.6) is 0 Å². The molecule has 0 bridgehead atoms. The molecule has 0 aliphatic rings. The molecule has 0 aliphatic heterocycles. The summed E-state index contributed by atoms with van der Waals surface area (Å²) in [5.74, 6) is 0. The summed E-state index contributed by atoms with van der Waals surface area (Å²) in [5, 5.41) is 16.0. The molecule has 440 valence electrons. The molecule has 4 heterocycles. The third-order valence-electron chi connectivity index (χ3n) is 19.3. The molecule has 14 aromatic carbocycles. The van der Waals surface area contributed by atoms with E-state index in [4.69, 9.17) is 8.83 Å². The zero-order valence-electron chi connectivity index (χ0n) is 52.2. The second kappa shape index (κ2) is 20.1. The van der Waals surface area contributed by atoms with E-state index in [1.165, 1.54) is 65.3 Å². The molecule has 18 rings (SSSR count). The number of aromatic nitrogens is 2. The van der Waals surface area contributed by atoms with E-state index in [1.54, 1.807) is 0 Å². The SMILES string of the molecule is CC(C)(C)c1cccc(-n2c3ccccc3c3cc(N(c4ccc5ccccc5c4)c4ccc5c(c4)oc4cc6cc7c(cc6cc45)oc4cc(N(c5ccc6ccccc6c5)c5ccc6c(c5)c5ccccc5n6-c5cccc(C(C)(C)C)c5)ccc47)ccc32)c1. The Balaban J connectivity index is 0.740. The first-order chi connectivity index (χ1) is 44.8. The molecule has 0 spiro atoms. The first-order valence-corrected chi connectivity index (χ1v) is 31.9. The molecule has 0 N–H and O–H groups in total. The number of anilines is 6. The van der Waals surface area contributed by atoms with Crippen LogP contribution < -0.4 is 9.80 Å². The summed E-state index contributed by atoms with van der Waals surface area (Å²) < 4.78 is 18.8. The highest BCUT2D eigenvalue weighted by atomic mass is 16.3. The maximum atomic E-state index is 6.97.